The Hall–Kier alpha value is -2.63. The van der Waals surface area contributed by atoms with Crippen molar-refractivity contribution in [1.82, 2.24) is 10.3 Å². The summed E-state index contributed by atoms with van der Waals surface area (Å²) in [6, 6.07) is 14.1. The summed E-state index contributed by atoms with van der Waals surface area (Å²) in [6.07, 6.45) is 0. The van der Waals surface area contributed by atoms with Gasteiger partial charge in [0, 0.05) is 34.1 Å². The molecule has 0 aliphatic rings. The maximum Gasteiger partial charge on any atom is 0.266 e. The molecule has 2 aromatic carbocycles. The standard InChI is InChI=1S/C19H17N3OS/c1-21-10-11-2-4-12(5-3-11)16-14(20)6-7-15-17(16)13-8-9-24-18(13)19(23)22-15/h2-9,21H,10,20H2,1H3,(H,22,23). The van der Waals surface area contributed by atoms with Crippen molar-refractivity contribution >= 4 is 38.0 Å². The van der Waals surface area contributed by atoms with Crippen molar-refractivity contribution in [1.29, 1.82) is 0 Å². The lowest BCUT2D eigenvalue weighted by Gasteiger charge is -2.12. The van der Waals surface area contributed by atoms with E-state index in [0.29, 0.717) is 5.69 Å². The molecule has 0 saturated heterocycles. The molecule has 0 saturated carbocycles. The Kier molecular flexibility index (Phi) is 3.59. The summed E-state index contributed by atoms with van der Waals surface area (Å²) in [7, 11) is 1.93. The third-order valence-corrected chi connectivity index (χ3v) is 5.16. The number of pyridine rings is 1. The van der Waals surface area contributed by atoms with Crippen molar-refractivity contribution in [2.75, 3.05) is 12.8 Å². The Balaban J connectivity index is 2.05. The highest BCUT2D eigenvalue weighted by atomic mass is 32.1. The SMILES string of the molecule is CNCc1ccc(-c2c(N)ccc3[nH]c(=O)c4sccc4c23)cc1. The van der Waals surface area contributed by atoms with E-state index in [1.54, 1.807) is 0 Å². The Labute approximate surface area is 142 Å². The molecule has 0 amide bonds. The smallest absolute Gasteiger partial charge is 0.266 e. The first-order valence-corrected chi connectivity index (χ1v) is 8.62. The summed E-state index contributed by atoms with van der Waals surface area (Å²) in [5.74, 6) is 0. The minimum absolute atomic E-state index is 0.0485. The van der Waals surface area contributed by atoms with E-state index in [-0.39, 0.29) is 5.56 Å². The third-order valence-electron chi connectivity index (χ3n) is 4.25. The normalized spacial score (nSPS) is 11.4. The van der Waals surface area contributed by atoms with Gasteiger partial charge in [-0.1, -0.05) is 24.3 Å². The van der Waals surface area contributed by atoms with Crippen LogP contribution in [0.5, 0.6) is 0 Å². The van der Waals surface area contributed by atoms with Crippen LogP contribution in [0, 0.1) is 0 Å². The van der Waals surface area contributed by atoms with Gasteiger partial charge in [-0.25, -0.2) is 0 Å². The molecule has 0 aliphatic carbocycles. The van der Waals surface area contributed by atoms with Gasteiger partial charge in [-0.2, -0.15) is 0 Å². The van der Waals surface area contributed by atoms with Crippen molar-refractivity contribution < 1.29 is 0 Å². The lowest BCUT2D eigenvalue weighted by molar-refractivity contribution is 0.818. The number of rotatable bonds is 3. The number of hydrogen-bond donors (Lipinski definition) is 3. The third kappa shape index (κ3) is 2.29. The molecule has 24 heavy (non-hydrogen) atoms. The fourth-order valence-corrected chi connectivity index (χ4v) is 3.96. The molecule has 4 aromatic rings. The molecule has 4 N–H and O–H groups in total. The summed E-state index contributed by atoms with van der Waals surface area (Å²) in [5.41, 5.74) is 11.0. The molecule has 120 valence electrons. The van der Waals surface area contributed by atoms with Gasteiger partial charge < -0.3 is 16.0 Å². The zero-order valence-electron chi connectivity index (χ0n) is 13.2. The van der Waals surface area contributed by atoms with E-state index >= 15 is 0 Å². The van der Waals surface area contributed by atoms with Crippen LogP contribution in [0.3, 0.4) is 0 Å². The highest BCUT2D eigenvalue weighted by molar-refractivity contribution is 7.17. The number of thiophene rings is 1. The summed E-state index contributed by atoms with van der Waals surface area (Å²) >= 11 is 1.45. The number of nitrogens with one attached hydrogen (secondary N) is 2. The van der Waals surface area contributed by atoms with Gasteiger partial charge >= 0.3 is 0 Å². The predicted octanol–water partition coefficient (Wildman–Crippen LogP) is 3.71. The van der Waals surface area contributed by atoms with Crippen LogP contribution in [0.2, 0.25) is 0 Å². The van der Waals surface area contributed by atoms with Gasteiger partial charge in [0.25, 0.3) is 5.56 Å². The van der Waals surface area contributed by atoms with Crippen molar-refractivity contribution in [2.24, 2.45) is 0 Å². The number of anilines is 1. The zero-order valence-corrected chi connectivity index (χ0v) is 14.0. The predicted molar refractivity (Wildman–Crippen MR) is 103 cm³/mol. The maximum atomic E-state index is 12.2. The number of nitrogen functional groups attached to an aromatic ring is 1. The summed E-state index contributed by atoms with van der Waals surface area (Å²) in [4.78, 5) is 15.2. The van der Waals surface area contributed by atoms with Crippen LogP contribution in [0.25, 0.3) is 32.1 Å². The van der Waals surface area contributed by atoms with Crippen LogP contribution in [-0.2, 0) is 6.54 Å². The second-order valence-electron chi connectivity index (χ2n) is 5.80. The molecule has 0 radical (unpaired) electrons. The number of H-pyrrole nitrogens is 1. The Morgan fingerprint density at radius 2 is 1.92 bits per heavy atom. The van der Waals surface area contributed by atoms with Crippen LogP contribution < -0.4 is 16.6 Å². The highest BCUT2D eigenvalue weighted by Gasteiger charge is 2.14. The van der Waals surface area contributed by atoms with Crippen LogP contribution >= 0.6 is 11.3 Å². The van der Waals surface area contributed by atoms with E-state index in [0.717, 1.165) is 38.7 Å². The van der Waals surface area contributed by atoms with E-state index in [1.807, 2.05) is 30.6 Å². The Morgan fingerprint density at radius 1 is 1.12 bits per heavy atom. The molecule has 0 bridgehead atoms. The number of aromatic nitrogens is 1. The van der Waals surface area contributed by atoms with E-state index in [9.17, 15) is 4.79 Å². The minimum atomic E-state index is -0.0485. The van der Waals surface area contributed by atoms with Gasteiger partial charge in [0.05, 0.1) is 0 Å². The molecular formula is C19H17N3OS. The number of nitrogens with two attached hydrogens (primary N) is 1. The topological polar surface area (TPSA) is 70.9 Å². The Bertz CT molecular complexity index is 1090. The lowest BCUT2D eigenvalue weighted by atomic mass is 9.96. The minimum Gasteiger partial charge on any atom is -0.398 e. The molecule has 0 atom stereocenters. The van der Waals surface area contributed by atoms with Crippen LogP contribution in [0.1, 0.15) is 5.56 Å². The second-order valence-corrected chi connectivity index (χ2v) is 6.71. The largest absolute Gasteiger partial charge is 0.398 e. The number of benzene rings is 2. The molecule has 0 fully saturated rings. The molecule has 0 spiro atoms. The van der Waals surface area contributed by atoms with Gasteiger partial charge in [0.2, 0.25) is 0 Å². The first-order chi connectivity index (χ1) is 11.7. The molecular weight excluding hydrogens is 318 g/mol. The maximum absolute atomic E-state index is 12.2. The first-order valence-electron chi connectivity index (χ1n) is 7.74. The Morgan fingerprint density at radius 3 is 2.67 bits per heavy atom. The van der Waals surface area contributed by atoms with Crippen molar-refractivity contribution in [3.63, 3.8) is 0 Å². The van der Waals surface area contributed by atoms with Gasteiger partial charge in [0.1, 0.15) is 4.70 Å². The molecule has 2 aromatic heterocycles. The van der Waals surface area contributed by atoms with Crippen molar-refractivity contribution in [3.8, 4) is 11.1 Å². The van der Waals surface area contributed by atoms with Gasteiger partial charge in [-0.15, -0.1) is 11.3 Å². The van der Waals surface area contributed by atoms with Crippen LogP contribution in [-0.4, -0.2) is 12.0 Å². The molecule has 4 rings (SSSR count). The van der Waals surface area contributed by atoms with E-state index in [1.165, 1.54) is 16.9 Å². The molecule has 0 unspecified atom stereocenters. The zero-order chi connectivity index (χ0) is 16.7. The molecule has 4 nitrogen and oxygen atoms in total. The lowest BCUT2D eigenvalue weighted by Crippen LogP contribution is -2.06. The van der Waals surface area contributed by atoms with E-state index in [2.05, 4.69) is 34.6 Å². The molecule has 5 heteroatoms. The average Bonchev–Trinajstić information content (AvgIpc) is 3.07. The summed E-state index contributed by atoms with van der Waals surface area (Å²) in [5, 5.41) is 7.06. The van der Waals surface area contributed by atoms with Gasteiger partial charge in [-0.3, -0.25) is 4.79 Å². The van der Waals surface area contributed by atoms with E-state index < -0.39 is 0 Å². The molecule has 0 aliphatic heterocycles. The van der Waals surface area contributed by atoms with Crippen molar-refractivity contribution in [3.05, 3.63) is 63.8 Å². The quantitative estimate of drug-likeness (QED) is 0.500. The monoisotopic (exact) mass is 335 g/mol. The van der Waals surface area contributed by atoms with Crippen LogP contribution in [0.4, 0.5) is 5.69 Å². The summed E-state index contributed by atoms with van der Waals surface area (Å²) < 4.78 is 0.737. The van der Waals surface area contributed by atoms with Gasteiger partial charge in [-0.05, 0) is 41.8 Å². The summed E-state index contributed by atoms with van der Waals surface area (Å²) in [6.45, 7) is 0.827. The van der Waals surface area contributed by atoms with Gasteiger partial charge in [0.15, 0.2) is 0 Å². The first kappa shape index (κ1) is 14.9. The average molecular weight is 335 g/mol. The van der Waals surface area contributed by atoms with Crippen LogP contribution in [0.15, 0.2) is 52.6 Å². The fraction of sp³-hybridized carbons (Fsp3) is 0.105. The fourth-order valence-electron chi connectivity index (χ4n) is 3.17. The van der Waals surface area contributed by atoms with Crippen molar-refractivity contribution in [2.45, 2.75) is 6.54 Å². The highest BCUT2D eigenvalue weighted by Crippen LogP contribution is 2.37. The van der Waals surface area contributed by atoms with E-state index in [4.69, 9.17) is 5.73 Å². The number of fused-ring (bicyclic) bond motifs is 3. The number of aromatic amines is 1. The molecule has 2 heterocycles. The number of hydrogen-bond acceptors (Lipinski definition) is 4. The second kappa shape index (κ2) is 5.78.